The second-order valence-electron chi connectivity index (χ2n) is 2.90. The number of ether oxygens (including phenoxy) is 2. The number of rotatable bonds is 7. The minimum Gasteiger partial charge on any atom is -0.489 e. The third kappa shape index (κ3) is 6.08. The summed E-state index contributed by atoms with van der Waals surface area (Å²) in [6.45, 7) is 4.40. The number of nitrogens with zero attached hydrogens (tertiary/aromatic N) is 2. The first-order valence-electron chi connectivity index (χ1n) is 5.20. The summed E-state index contributed by atoms with van der Waals surface area (Å²) in [4.78, 5) is 11.6. The quantitative estimate of drug-likeness (QED) is 0.291. The van der Waals surface area contributed by atoms with Gasteiger partial charge in [0.05, 0.1) is 19.4 Å². The molecule has 0 aromatic heterocycles. The van der Waals surface area contributed by atoms with Gasteiger partial charge < -0.3 is 14.4 Å². The van der Waals surface area contributed by atoms with Gasteiger partial charge in [-0.05, 0) is 13.8 Å². The maximum Gasteiger partial charge on any atom is 0.240 e. The Morgan fingerprint density at radius 3 is 2.47 bits per heavy atom. The van der Waals surface area contributed by atoms with Gasteiger partial charge in [-0.2, -0.15) is 5.26 Å². The molecular weight excluding hydrogens is 220 g/mol. The van der Waals surface area contributed by atoms with Gasteiger partial charge in [-0.25, -0.2) is 4.79 Å². The molecule has 5 nitrogen and oxygen atoms in total. The van der Waals surface area contributed by atoms with Crippen LogP contribution in [0.5, 0.6) is 0 Å². The van der Waals surface area contributed by atoms with Crippen molar-refractivity contribution in [2.75, 3.05) is 20.3 Å². The zero-order valence-corrected chi connectivity index (χ0v) is 10.3. The van der Waals surface area contributed by atoms with Gasteiger partial charge in [-0.15, -0.1) is 0 Å². The Morgan fingerprint density at radius 2 is 2.00 bits per heavy atom. The van der Waals surface area contributed by atoms with Crippen LogP contribution in [0.4, 0.5) is 0 Å². The first kappa shape index (κ1) is 14.8. The number of carbonyl (C=O) groups excluding carboxylic acids is 1. The molecule has 0 unspecified atom stereocenters. The van der Waals surface area contributed by atoms with Crippen LogP contribution in [-0.4, -0.2) is 31.1 Å². The number of hydrogen-bond donors (Lipinski definition) is 0. The van der Waals surface area contributed by atoms with Crippen molar-refractivity contribution >= 4 is 5.94 Å². The van der Waals surface area contributed by atoms with E-state index in [2.05, 4.69) is 0 Å². The molecule has 0 spiro atoms. The second-order valence-corrected chi connectivity index (χ2v) is 2.90. The van der Waals surface area contributed by atoms with Crippen LogP contribution in [0.1, 0.15) is 13.8 Å². The molecule has 0 atom stereocenters. The molecule has 0 aromatic rings. The van der Waals surface area contributed by atoms with Gasteiger partial charge in [0.2, 0.25) is 5.76 Å². The predicted octanol–water partition coefficient (Wildman–Crippen LogP) is 1.59. The average Bonchev–Trinajstić information content (AvgIpc) is 2.32. The molecule has 17 heavy (non-hydrogen) atoms. The van der Waals surface area contributed by atoms with Crippen LogP contribution in [0, 0.1) is 11.3 Å². The van der Waals surface area contributed by atoms with Crippen LogP contribution >= 0.6 is 0 Å². The third-order valence-electron chi connectivity index (χ3n) is 1.63. The molecule has 0 bridgehead atoms. The minimum atomic E-state index is 0.120. The predicted molar refractivity (Wildman–Crippen MR) is 63.1 cm³/mol. The largest absolute Gasteiger partial charge is 0.489 e. The molecule has 0 saturated carbocycles. The van der Waals surface area contributed by atoms with Gasteiger partial charge in [0.15, 0.2) is 5.76 Å². The van der Waals surface area contributed by atoms with Crippen LogP contribution in [-0.2, 0) is 14.3 Å². The molecule has 0 amide bonds. The van der Waals surface area contributed by atoms with E-state index in [0.29, 0.717) is 19.0 Å². The van der Waals surface area contributed by atoms with Crippen LogP contribution < -0.4 is 0 Å². The zero-order chi connectivity index (χ0) is 13.1. The zero-order valence-electron chi connectivity index (χ0n) is 10.3. The Kier molecular flexibility index (Phi) is 7.91. The van der Waals surface area contributed by atoms with Gasteiger partial charge in [0.1, 0.15) is 12.0 Å². The van der Waals surface area contributed by atoms with Crippen molar-refractivity contribution in [1.82, 2.24) is 4.90 Å². The van der Waals surface area contributed by atoms with Gasteiger partial charge in [-0.1, -0.05) is 0 Å². The molecule has 5 heteroatoms. The molecule has 0 fully saturated rings. The third-order valence-corrected chi connectivity index (χ3v) is 1.63. The van der Waals surface area contributed by atoms with Crippen molar-refractivity contribution in [1.29, 1.82) is 5.26 Å². The summed E-state index contributed by atoms with van der Waals surface area (Å²) >= 11 is 0. The van der Waals surface area contributed by atoms with Crippen molar-refractivity contribution in [3.63, 3.8) is 0 Å². The van der Waals surface area contributed by atoms with E-state index in [1.165, 1.54) is 11.1 Å². The Balaban J connectivity index is 4.96. The van der Waals surface area contributed by atoms with Crippen LogP contribution in [0.2, 0.25) is 0 Å². The summed E-state index contributed by atoms with van der Waals surface area (Å²) in [7, 11) is 1.66. The van der Waals surface area contributed by atoms with Crippen LogP contribution in [0.3, 0.4) is 0 Å². The van der Waals surface area contributed by atoms with Crippen molar-refractivity contribution in [2.24, 2.45) is 0 Å². The maximum absolute atomic E-state index is 10.1. The Bertz CT molecular complexity index is 374. The Morgan fingerprint density at radius 1 is 1.35 bits per heavy atom. The van der Waals surface area contributed by atoms with E-state index in [-0.39, 0.29) is 5.76 Å². The standard InChI is InChI=1S/C12H16N2O3/c1-4-16-11(12(10-13)17-5-2)6-7-14(3)8-9-15/h6-8H,4-5H2,1-3H3. The van der Waals surface area contributed by atoms with Gasteiger partial charge in [0, 0.05) is 19.3 Å². The van der Waals surface area contributed by atoms with E-state index < -0.39 is 0 Å². The summed E-state index contributed by atoms with van der Waals surface area (Å²) < 4.78 is 10.4. The van der Waals surface area contributed by atoms with E-state index in [1.807, 2.05) is 13.0 Å². The lowest BCUT2D eigenvalue weighted by Crippen LogP contribution is -2.03. The lowest BCUT2D eigenvalue weighted by atomic mass is 10.4. The smallest absolute Gasteiger partial charge is 0.240 e. The number of allylic oxidation sites excluding steroid dienone is 2. The first-order valence-corrected chi connectivity index (χ1v) is 5.20. The van der Waals surface area contributed by atoms with Crippen molar-refractivity contribution in [2.45, 2.75) is 13.8 Å². The van der Waals surface area contributed by atoms with E-state index >= 15 is 0 Å². The van der Waals surface area contributed by atoms with Crippen molar-refractivity contribution in [3.8, 4) is 6.07 Å². The fourth-order valence-electron chi connectivity index (χ4n) is 0.959. The molecule has 0 aromatic carbocycles. The van der Waals surface area contributed by atoms with Crippen molar-refractivity contribution in [3.05, 3.63) is 30.0 Å². The van der Waals surface area contributed by atoms with E-state index in [9.17, 15) is 4.79 Å². The maximum atomic E-state index is 10.1. The highest BCUT2D eigenvalue weighted by Crippen LogP contribution is 2.09. The lowest BCUT2D eigenvalue weighted by Gasteiger charge is -2.09. The Labute approximate surface area is 101 Å². The molecule has 0 aliphatic carbocycles. The first-order chi connectivity index (χ1) is 8.19. The molecule has 0 heterocycles. The summed E-state index contributed by atoms with van der Waals surface area (Å²) in [5, 5.41) is 8.89. The monoisotopic (exact) mass is 236 g/mol. The fourth-order valence-corrected chi connectivity index (χ4v) is 0.959. The highest BCUT2D eigenvalue weighted by atomic mass is 16.5. The number of hydrogen-bond acceptors (Lipinski definition) is 5. The summed E-state index contributed by atoms with van der Waals surface area (Å²) in [5.74, 6) is 2.09. The summed E-state index contributed by atoms with van der Waals surface area (Å²) in [6, 6.07) is 1.92. The highest BCUT2D eigenvalue weighted by molar-refractivity contribution is 5.44. The normalized spacial score (nSPS) is 11.2. The topological polar surface area (TPSA) is 62.6 Å². The van der Waals surface area contributed by atoms with Gasteiger partial charge in [-0.3, -0.25) is 0 Å². The fraction of sp³-hybridized carbons (Fsp3) is 0.417. The molecule has 0 N–H and O–H groups in total. The van der Waals surface area contributed by atoms with E-state index in [4.69, 9.17) is 14.7 Å². The molecule has 0 aliphatic heterocycles. The molecule has 92 valence electrons. The average molecular weight is 236 g/mol. The SMILES string of the molecule is CCOC(C#N)=C(C=CN(C)C=C=O)OCC. The Hall–Kier alpha value is -2.18. The van der Waals surface area contributed by atoms with Crippen LogP contribution in [0.25, 0.3) is 0 Å². The molecule has 0 radical (unpaired) electrons. The van der Waals surface area contributed by atoms with Crippen LogP contribution in [0.15, 0.2) is 30.0 Å². The highest BCUT2D eigenvalue weighted by Gasteiger charge is 2.05. The van der Waals surface area contributed by atoms with Crippen molar-refractivity contribution < 1.29 is 14.3 Å². The van der Waals surface area contributed by atoms with Gasteiger partial charge >= 0.3 is 0 Å². The minimum absolute atomic E-state index is 0.120. The second kappa shape index (κ2) is 9.08. The number of nitriles is 1. The van der Waals surface area contributed by atoms with Gasteiger partial charge in [0.25, 0.3) is 0 Å². The summed E-state index contributed by atoms with van der Waals surface area (Å²) in [6.07, 6.45) is 4.35. The lowest BCUT2D eigenvalue weighted by molar-refractivity contribution is 0.186. The van der Waals surface area contributed by atoms with E-state index in [1.54, 1.807) is 32.2 Å². The molecule has 0 aliphatic rings. The summed E-state index contributed by atoms with van der Waals surface area (Å²) in [5.41, 5.74) is 0. The molecule has 0 saturated heterocycles. The van der Waals surface area contributed by atoms with E-state index in [0.717, 1.165) is 0 Å². The molecular formula is C12H16N2O3. The molecule has 0 rings (SSSR count).